The highest BCUT2D eigenvalue weighted by Gasteiger charge is 2.16. The molecule has 1 aliphatic rings. The van der Waals surface area contributed by atoms with Crippen LogP contribution in [0, 0.1) is 0 Å². The molecule has 0 saturated carbocycles. The fourth-order valence-electron chi connectivity index (χ4n) is 3.33. The van der Waals surface area contributed by atoms with E-state index in [0.717, 1.165) is 16.9 Å². The molecular formula is C24H24N2O5S. The largest absolute Gasteiger partial charge is 0.486 e. The number of sulfonamides is 1. The summed E-state index contributed by atoms with van der Waals surface area (Å²) in [5.41, 5.74) is 2.15. The van der Waals surface area contributed by atoms with Crippen LogP contribution in [0.1, 0.15) is 21.5 Å². The first-order valence-electron chi connectivity index (χ1n) is 10.3. The Labute approximate surface area is 187 Å². The SMILES string of the molecule is O=C(NCCc1ccc2c(c1)OCCO2)c1cccc(S(=O)(=O)NCc2ccccc2)c1. The van der Waals surface area contributed by atoms with Crippen LogP contribution >= 0.6 is 0 Å². The van der Waals surface area contributed by atoms with Gasteiger partial charge in [-0.2, -0.15) is 0 Å². The molecule has 8 heteroatoms. The molecule has 32 heavy (non-hydrogen) atoms. The third kappa shape index (κ3) is 5.46. The smallest absolute Gasteiger partial charge is 0.251 e. The van der Waals surface area contributed by atoms with Crippen LogP contribution in [0.15, 0.2) is 77.7 Å². The molecule has 1 heterocycles. The van der Waals surface area contributed by atoms with Gasteiger partial charge in [-0.15, -0.1) is 0 Å². The molecule has 0 fully saturated rings. The number of rotatable bonds is 8. The number of nitrogens with one attached hydrogen (secondary N) is 2. The second-order valence-electron chi connectivity index (χ2n) is 7.32. The molecule has 7 nitrogen and oxygen atoms in total. The molecule has 0 saturated heterocycles. The quantitative estimate of drug-likeness (QED) is 0.548. The van der Waals surface area contributed by atoms with Crippen molar-refractivity contribution in [3.05, 3.63) is 89.5 Å². The van der Waals surface area contributed by atoms with Crippen LogP contribution in [0.25, 0.3) is 0 Å². The Bertz CT molecular complexity index is 1200. The van der Waals surface area contributed by atoms with Crippen molar-refractivity contribution >= 4 is 15.9 Å². The summed E-state index contributed by atoms with van der Waals surface area (Å²) in [6.07, 6.45) is 0.610. The highest BCUT2D eigenvalue weighted by atomic mass is 32.2. The number of benzene rings is 3. The van der Waals surface area contributed by atoms with Crippen LogP contribution in [0.3, 0.4) is 0 Å². The van der Waals surface area contributed by atoms with E-state index in [1.54, 1.807) is 12.1 Å². The Balaban J connectivity index is 1.34. The van der Waals surface area contributed by atoms with E-state index < -0.39 is 10.0 Å². The molecular weight excluding hydrogens is 428 g/mol. The monoisotopic (exact) mass is 452 g/mol. The van der Waals surface area contributed by atoms with Gasteiger partial charge in [-0.1, -0.05) is 42.5 Å². The van der Waals surface area contributed by atoms with Gasteiger partial charge in [-0.3, -0.25) is 4.79 Å². The van der Waals surface area contributed by atoms with Crippen molar-refractivity contribution in [2.75, 3.05) is 19.8 Å². The predicted molar refractivity (Wildman–Crippen MR) is 120 cm³/mol. The van der Waals surface area contributed by atoms with Crippen LogP contribution in [0.4, 0.5) is 0 Å². The van der Waals surface area contributed by atoms with E-state index in [-0.39, 0.29) is 22.9 Å². The molecule has 2 N–H and O–H groups in total. The van der Waals surface area contributed by atoms with Crippen LogP contribution < -0.4 is 19.5 Å². The first-order valence-corrected chi connectivity index (χ1v) is 11.8. The molecule has 0 spiro atoms. The van der Waals surface area contributed by atoms with Gasteiger partial charge in [0.1, 0.15) is 13.2 Å². The second-order valence-corrected chi connectivity index (χ2v) is 9.09. The fraction of sp³-hybridized carbons (Fsp3) is 0.208. The van der Waals surface area contributed by atoms with E-state index in [4.69, 9.17) is 9.47 Å². The maximum absolute atomic E-state index is 12.6. The third-order valence-electron chi connectivity index (χ3n) is 5.02. The molecule has 3 aromatic rings. The Morgan fingerprint density at radius 2 is 1.62 bits per heavy atom. The third-order valence-corrected chi connectivity index (χ3v) is 6.42. The van der Waals surface area contributed by atoms with E-state index in [1.165, 1.54) is 12.1 Å². The summed E-state index contributed by atoms with van der Waals surface area (Å²) in [6.45, 7) is 1.64. The molecule has 166 valence electrons. The van der Waals surface area contributed by atoms with Crippen molar-refractivity contribution in [1.29, 1.82) is 0 Å². The van der Waals surface area contributed by atoms with Crippen molar-refractivity contribution in [1.82, 2.24) is 10.0 Å². The van der Waals surface area contributed by atoms with E-state index in [0.29, 0.717) is 31.9 Å². The second kappa shape index (κ2) is 9.84. The average molecular weight is 453 g/mol. The first-order chi connectivity index (χ1) is 15.5. The van der Waals surface area contributed by atoms with Gasteiger partial charge in [0.15, 0.2) is 11.5 Å². The van der Waals surface area contributed by atoms with E-state index in [9.17, 15) is 13.2 Å². The number of amides is 1. The van der Waals surface area contributed by atoms with Gasteiger partial charge in [0.25, 0.3) is 5.91 Å². The summed E-state index contributed by atoms with van der Waals surface area (Å²) >= 11 is 0. The zero-order chi connectivity index (χ0) is 22.4. The van der Waals surface area contributed by atoms with Crippen molar-refractivity contribution in [3.8, 4) is 11.5 Å². The van der Waals surface area contributed by atoms with E-state index in [1.807, 2.05) is 48.5 Å². The van der Waals surface area contributed by atoms with Crippen LogP contribution in [0.2, 0.25) is 0 Å². The Kier molecular flexibility index (Phi) is 6.72. The van der Waals surface area contributed by atoms with Crippen LogP contribution in [0.5, 0.6) is 11.5 Å². The normalized spacial score (nSPS) is 12.9. The lowest BCUT2D eigenvalue weighted by Crippen LogP contribution is -2.27. The lowest BCUT2D eigenvalue weighted by atomic mass is 10.1. The van der Waals surface area contributed by atoms with Crippen molar-refractivity contribution < 1.29 is 22.7 Å². The molecule has 0 aromatic heterocycles. The molecule has 0 radical (unpaired) electrons. The maximum atomic E-state index is 12.6. The number of hydrogen-bond donors (Lipinski definition) is 2. The number of fused-ring (bicyclic) bond motifs is 1. The summed E-state index contributed by atoms with van der Waals surface area (Å²) in [7, 11) is -3.74. The molecule has 3 aromatic carbocycles. The van der Waals surface area contributed by atoms with Crippen molar-refractivity contribution in [3.63, 3.8) is 0 Å². The number of carbonyl (C=O) groups excluding carboxylic acids is 1. The zero-order valence-corrected chi connectivity index (χ0v) is 18.2. The Morgan fingerprint density at radius 1 is 0.844 bits per heavy atom. The maximum Gasteiger partial charge on any atom is 0.251 e. The zero-order valence-electron chi connectivity index (χ0n) is 17.4. The number of ether oxygens (including phenoxy) is 2. The van der Waals surface area contributed by atoms with Gasteiger partial charge in [0, 0.05) is 18.7 Å². The van der Waals surface area contributed by atoms with Crippen molar-refractivity contribution in [2.24, 2.45) is 0 Å². The fourth-order valence-corrected chi connectivity index (χ4v) is 4.39. The summed E-state index contributed by atoms with van der Waals surface area (Å²) in [5, 5.41) is 2.84. The minimum Gasteiger partial charge on any atom is -0.486 e. The molecule has 0 unspecified atom stereocenters. The first kappa shape index (κ1) is 21.9. The topological polar surface area (TPSA) is 93.7 Å². The lowest BCUT2D eigenvalue weighted by molar-refractivity contribution is 0.0954. The van der Waals surface area contributed by atoms with E-state index in [2.05, 4.69) is 10.0 Å². The van der Waals surface area contributed by atoms with Gasteiger partial charge in [-0.25, -0.2) is 13.1 Å². The molecule has 1 aliphatic heterocycles. The summed E-state index contributed by atoms with van der Waals surface area (Å²) in [5.74, 6) is 1.10. The predicted octanol–water partition coefficient (Wildman–Crippen LogP) is 2.91. The summed E-state index contributed by atoms with van der Waals surface area (Å²) < 4.78 is 38.9. The van der Waals surface area contributed by atoms with Gasteiger partial charge in [-0.05, 0) is 47.9 Å². The summed E-state index contributed by atoms with van der Waals surface area (Å²) in [6, 6.07) is 21.0. The van der Waals surface area contributed by atoms with Gasteiger partial charge in [0.05, 0.1) is 4.90 Å². The Hall–Kier alpha value is -3.36. The minimum absolute atomic E-state index is 0.0490. The lowest BCUT2D eigenvalue weighted by Gasteiger charge is -2.18. The molecule has 0 bridgehead atoms. The molecule has 4 rings (SSSR count). The highest BCUT2D eigenvalue weighted by molar-refractivity contribution is 7.89. The van der Waals surface area contributed by atoms with Gasteiger partial charge in [0.2, 0.25) is 10.0 Å². The van der Waals surface area contributed by atoms with Crippen LogP contribution in [-0.4, -0.2) is 34.1 Å². The van der Waals surface area contributed by atoms with Gasteiger partial charge < -0.3 is 14.8 Å². The highest BCUT2D eigenvalue weighted by Crippen LogP contribution is 2.30. The standard InChI is InChI=1S/C24H24N2O5S/c27-24(25-12-11-18-9-10-22-23(15-18)31-14-13-30-22)20-7-4-8-21(16-20)32(28,29)26-17-19-5-2-1-3-6-19/h1-10,15-16,26H,11-14,17H2,(H,25,27). The average Bonchev–Trinajstić information content (AvgIpc) is 2.83. The van der Waals surface area contributed by atoms with Crippen molar-refractivity contribution in [2.45, 2.75) is 17.9 Å². The molecule has 0 aliphatic carbocycles. The van der Waals surface area contributed by atoms with E-state index >= 15 is 0 Å². The summed E-state index contributed by atoms with van der Waals surface area (Å²) in [4.78, 5) is 12.6. The number of carbonyl (C=O) groups is 1. The minimum atomic E-state index is -3.74. The molecule has 0 atom stereocenters. The Morgan fingerprint density at radius 3 is 2.44 bits per heavy atom. The number of hydrogen-bond acceptors (Lipinski definition) is 5. The van der Waals surface area contributed by atoms with Gasteiger partial charge >= 0.3 is 0 Å². The van der Waals surface area contributed by atoms with Crippen LogP contribution in [-0.2, 0) is 23.0 Å². The molecule has 1 amide bonds.